The van der Waals surface area contributed by atoms with Crippen molar-refractivity contribution in [2.45, 2.75) is 25.7 Å². The summed E-state index contributed by atoms with van der Waals surface area (Å²) in [6.07, 6.45) is 1.85. The normalized spacial score (nSPS) is 14.4. The number of carbonyl (C=O) groups excluding carboxylic acids is 1. The highest BCUT2D eigenvalue weighted by molar-refractivity contribution is 5.94. The molecule has 1 saturated heterocycles. The summed E-state index contributed by atoms with van der Waals surface area (Å²) >= 11 is 0. The van der Waals surface area contributed by atoms with Crippen LogP contribution in [-0.4, -0.2) is 49.2 Å². The van der Waals surface area contributed by atoms with Crippen molar-refractivity contribution in [1.82, 2.24) is 9.88 Å². The van der Waals surface area contributed by atoms with Gasteiger partial charge >= 0.3 is 0 Å². The van der Waals surface area contributed by atoms with Crippen molar-refractivity contribution in [2.75, 3.05) is 33.4 Å². The molecule has 0 radical (unpaired) electrons. The van der Waals surface area contributed by atoms with Gasteiger partial charge in [-0.15, -0.1) is 0 Å². The largest absolute Gasteiger partial charge is 0.491 e. The summed E-state index contributed by atoms with van der Waals surface area (Å²) in [5.41, 5.74) is 5.28. The summed E-state index contributed by atoms with van der Waals surface area (Å²) in [6, 6.07) is 22.1. The van der Waals surface area contributed by atoms with Crippen LogP contribution in [0.4, 0.5) is 0 Å². The van der Waals surface area contributed by atoms with E-state index >= 15 is 0 Å². The lowest BCUT2D eigenvalue weighted by Crippen LogP contribution is -2.38. The van der Waals surface area contributed by atoms with Crippen LogP contribution in [-0.2, 0) is 4.74 Å². The number of hydrogen-bond donors (Lipinski definition) is 0. The monoisotopic (exact) mass is 430 g/mol. The van der Waals surface area contributed by atoms with E-state index in [9.17, 15) is 4.79 Å². The molecule has 1 aromatic heterocycles. The number of rotatable bonds is 7. The predicted octanol–water partition coefficient (Wildman–Crippen LogP) is 5.10. The number of ether oxygens (including phenoxy) is 2. The van der Waals surface area contributed by atoms with Gasteiger partial charge in [-0.1, -0.05) is 30.3 Å². The van der Waals surface area contributed by atoms with E-state index in [2.05, 4.69) is 43.3 Å². The van der Waals surface area contributed by atoms with Crippen LogP contribution in [0.2, 0.25) is 0 Å². The smallest absolute Gasteiger partial charge is 0.253 e. The number of hydrogen-bond acceptors (Lipinski definition) is 4. The SMILES string of the molecule is COCCOc1ccc(C(=O)N2CCC(c3cc(-c4ccccc4)cc(C)n3)CC2)cc1. The Labute approximate surface area is 190 Å². The molecule has 32 heavy (non-hydrogen) atoms. The zero-order valence-corrected chi connectivity index (χ0v) is 18.8. The van der Waals surface area contributed by atoms with Gasteiger partial charge in [-0.3, -0.25) is 9.78 Å². The molecular weight excluding hydrogens is 400 g/mol. The third-order valence-corrected chi connectivity index (χ3v) is 5.94. The minimum absolute atomic E-state index is 0.0778. The Hall–Kier alpha value is -3.18. The summed E-state index contributed by atoms with van der Waals surface area (Å²) in [5, 5.41) is 0. The second-order valence-electron chi connectivity index (χ2n) is 8.22. The summed E-state index contributed by atoms with van der Waals surface area (Å²) in [5.74, 6) is 1.20. The van der Waals surface area contributed by atoms with Gasteiger partial charge in [-0.25, -0.2) is 0 Å². The van der Waals surface area contributed by atoms with Crippen LogP contribution in [0.25, 0.3) is 11.1 Å². The van der Waals surface area contributed by atoms with Gasteiger partial charge in [0.25, 0.3) is 5.91 Å². The maximum Gasteiger partial charge on any atom is 0.253 e. The Bertz CT molecular complexity index is 1030. The molecule has 2 aromatic carbocycles. The van der Waals surface area contributed by atoms with E-state index in [1.54, 1.807) is 7.11 Å². The lowest BCUT2D eigenvalue weighted by molar-refractivity contribution is 0.0712. The number of likely N-dealkylation sites (tertiary alicyclic amines) is 1. The zero-order valence-electron chi connectivity index (χ0n) is 18.8. The van der Waals surface area contributed by atoms with E-state index in [1.165, 1.54) is 11.1 Å². The fourth-order valence-electron chi connectivity index (χ4n) is 4.20. The van der Waals surface area contributed by atoms with Gasteiger partial charge in [0.1, 0.15) is 12.4 Å². The molecule has 0 N–H and O–H groups in total. The molecule has 1 fully saturated rings. The zero-order chi connectivity index (χ0) is 22.3. The van der Waals surface area contributed by atoms with Crippen LogP contribution in [0.1, 0.15) is 40.5 Å². The van der Waals surface area contributed by atoms with Gasteiger partial charge in [0.05, 0.1) is 6.61 Å². The second kappa shape index (κ2) is 10.4. The summed E-state index contributed by atoms with van der Waals surface area (Å²) in [4.78, 5) is 19.7. The van der Waals surface area contributed by atoms with E-state index in [1.807, 2.05) is 35.2 Å². The van der Waals surface area contributed by atoms with Crippen molar-refractivity contribution >= 4 is 5.91 Å². The Morgan fingerprint density at radius 2 is 1.69 bits per heavy atom. The van der Waals surface area contributed by atoms with Gasteiger partial charge in [-0.2, -0.15) is 0 Å². The molecule has 1 aliphatic rings. The average molecular weight is 431 g/mol. The average Bonchev–Trinajstić information content (AvgIpc) is 2.84. The molecule has 0 unspecified atom stereocenters. The third-order valence-electron chi connectivity index (χ3n) is 5.94. The number of piperidine rings is 1. The maximum atomic E-state index is 13.0. The highest BCUT2D eigenvalue weighted by Gasteiger charge is 2.25. The molecule has 0 atom stereocenters. The lowest BCUT2D eigenvalue weighted by Gasteiger charge is -2.32. The second-order valence-corrected chi connectivity index (χ2v) is 8.22. The van der Waals surface area contributed by atoms with Gasteiger partial charge in [0.15, 0.2) is 0 Å². The van der Waals surface area contributed by atoms with Crippen molar-refractivity contribution in [1.29, 1.82) is 0 Å². The van der Waals surface area contributed by atoms with Crippen LogP contribution < -0.4 is 4.74 Å². The molecule has 0 bridgehead atoms. The van der Waals surface area contributed by atoms with E-state index in [4.69, 9.17) is 14.5 Å². The van der Waals surface area contributed by atoms with Gasteiger partial charge in [-0.05, 0) is 67.3 Å². The lowest BCUT2D eigenvalue weighted by atomic mass is 9.91. The van der Waals surface area contributed by atoms with Crippen LogP contribution in [0.5, 0.6) is 5.75 Å². The minimum atomic E-state index is 0.0778. The number of benzene rings is 2. The Morgan fingerprint density at radius 1 is 0.969 bits per heavy atom. The van der Waals surface area contributed by atoms with Crippen LogP contribution in [0, 0.1) is 6.92 Å². The van der Waals surface area contributed by atoms with Gasteiger partial charge in [0.2, 0.25) is 0 Å². The fraction of sp³-hybridized carbons (Fsp3) is 0.333. The third kappa shape index (κ3) is 5.35. The predicted molar refractivity (Wildman–Crippen MR) is 126 cm³/mol. The number of aryl methyl sites for hydroxylation is 1. The van der Waals surface area contributed by atoms with Crippen molar-refractivity contribution < 1.29 is 14.3 Å². The standard InChI is InChI=1S/C27H30N2O3/c1-20-18-24(21-6-4-3-5-7-21)19-26(28-20)22-12-14-29(15-13-22)27(30)23-8-10-25(11-9-23)32-17-16-31-2/h3-11,18-19,22H,12-17H2,1-2H3. The Morgan fingerprint density at radius 3 is 2.38 bits per heavy atom. The number of carbonyl (C=O) groups is 1. The van der Waals surface area contributed by atoms with E-state index in [0.717, 1.165) is 43.1 Å². The molecule has 0 saturated carbocycles. The first-order valence-electron chi connectivity index (χ1n) is 11.2. The maximum absolute atomic E-state index is 13.0. The fourth-order valence-corrected chi connectivity index (χ4v) is 4.20. The molecule has 0 aliphatic carbocycles. The Balaban J connectivity index is 1.38. The summed E-state index contributed by atoms with van der Waals surface area (Å²) in [7, 11) is 1.64. The molecule has 5 heteroatoms. The molecule has 5 nitrogen and oxygen atoms in total. The molecular formula is C27H30N2O3. The number of amides is 1. The summed E-state index contributed by atoms with van der Waals surface area (Å²) < 4.78 is 10.6. The molecule has 1 aliphatic heterocycles. The molecule has 166 valence electrons. The van der Waals surface area contributed by atoms with Crippen molar-refractivity contribution in [3.63, 3.8) is 0 Å². The quantitative estimate of drug-likeness (QED) is 0.489. The minimum Gasteiger partial charge on any atom is -0.491 e. The van der Waals surface area contributed by atoms with E-state index < -0.39 is 0 Å². The highest BCUT2D eigenvalue weighted by atomic mass is 16.5. The van der Waals surface area contributed by atoms with Crippen LogP contribution in [0.15, 0.2) is 66.7 Å². The van der Waals surface area contributed by atoms with Crippen LogP contribution in [0.3, 0.4) is 0 Å². The first kappa shape index (κ1) is 22.0. The number of aromatic nitrogens is 1. The number of nitrogens with zero attached hydrogens (tertiary/aromatic N) is 2. The molecule has 1 amide bonds. The first-order valence-corrected chi connectivity index (χ1v) is 11.2. The van der Waals surface area contributed by atoms with Crippen LogP contribution >= 0.6 is 0 Å². The molecule has 0 spiro atoms. The number of methoxy groups -OCH3 is 1. The van der Waals surface area contributed by atoms with Crippen molar-refractivity contribution in [3.05, 3.63) is 83.7 Å². The van der Waals surface area contributed by atoms with Gasteiger partial charge < -0.3 is 14.4 Å². The van der Waals surface area contributed by atoms with Crippen molar-refractivity contribution in [2.24, 2.45) is 0 Å². The van der Waals surface area contributed by atoms with E-state index in [-0.39, 0.29) is 5.91 Å². The van der Waals surface area contributed by atoms with E-state index in [0.29, 0.717) is 24.7 Å². The van der Waals surface area contributed by atoms with Crippen molar-refractivity contribution in [3.8, 4) is 16.9 Å². The summed E-state index contributed by atoms with van der Waals surface area (Å²) in [6.45, 7) is 4.57. The van der Waals surface area contributed by atoms with Gasteiger partial charge in [0, 0.05) is 43.1 Å². The first-order chi connectivity index (χ1) is 15.6. The topological polar surface area (TPSA) is 51.7 Å². The highest BCUT2D eigenvalue weighted by Crippen LogP contribution is 2.31. The number of pyridine rings is 1. The molecule has 4 rings (SSSR count). The Kier molecular flexibility index (Phi) is 7.17. The molecule has 3 aromatic rings. The molecule has 2 heterocycles.